The Kier molecular flexibility index (Phi) is 5.43. The summed E-state index contributed by atoms with van der Waals surface area (Å²) >= 11 is 17.1. The van der Waals surface area contributed by atoms with Gasteiger partial charge in [-0.3, -0.25) is 0 Å². The molecule has 0 aliphatic carbocycles. The summed E-state index contributed by atoms with van der Waals surface area (Å²) in [5, 5.41) is 0.784. The van der Waals surface area contributed by atoms with E-state index in [9.17, 15) is 0 Å². The summed E-state index contributed by atoms with van der Waals surface area (Å²) in [5.41, 5.74) is 3.38. The van der Waals surface area contributed by atoms with Crippen LogP contribution in [0.1, 0.15) is 16.7 Å². The molecule has 0 atom stereocenters. The van der Waals surface area contributed by atoms with Crippen LogP contribution >= 0.6 is 34.8 Å². The van der Waals surface area contributed by atoms with Gasteiger partial charge in [0.1, 0.15) is 4.46 Å². The van der Waals surface area contributed by atoms with Crippen LogP contribution < -0.4 is 0 Å². The smallest absolute Gasteiger partial charge is 0.266 e. The van der Waals surface area contributed by atoms with Gasteiger partial charge in [0.2, 0.25) is 0 Å². The van der Waals surface area contributed by atoms with E-state index in [4.69, 9.17) is 39.2 Å². The maximum absolute atomic E-state index is 5.99. The molecule has 1 nitrogen and oxygen atoms in total. The highest BCUT2D eigenvalue weighted by Gasteiger charge is 2.07. The zero-order chi connectivity index (χ0) is 11.4. The van der Waals surface area contributed by atoms with Gasteiger partial charge in [-0.2, -0.15) is 0 Å². The zero-order valence-electron chi connectivity index (χ0n) is 8.48. The summed E-state index contributed by atoms with van der Waals surface area (Å²) in [5.74, 6) is 0. The van der Waals surface area contributed by atoms with E-state index < -0.39 is 4.46 Å². The second-order valence-electron chi connectivity index (χ2n) is 3.16. The summed E-state index contributed by atoms with van der Waals surface area (Å²) in [6.07, 6.45) is 0. The second-order valence-corrected chi connectivity index (χ2v) is 6.50. The third-order valence-corrected chi connectivity index (χ3v) is 3.67. The first-order chi connectivity index (χ1) is 7.02. The van der Waals surface area contributed by atoms with E-state index >= 15 is 0 Å². The van der Waals surface area contributed by atoms with Crippen LogP contribution in [0.25, 0.3) is 0 Å². The predicted molar refractivity (Wildman–Crippen MR) is 67.0 cm³/mol. The summed E-state index contributed by atoms with van der Waals surface area (Å²) in [6.45, 7) is 4.55. The summed E-state index contributed by atoms with van der Waals surface area (Å²) in [4.78, 5) is 0. The molecule has 0 aliphatic rings. The van der Waals surface area contributed by atoms with Crippen molar-refractivity contribution < 1.29 is 4.43 Å². The monoisotopic (exact) mass is 280 g/mol. The molecular formula is C10H11Cl3OSi. The van der Waals surface area contributed by atoms with E-state index in [0.717, 1.165) is 21.7 Å². The molecular weight excluding hydrogens is 271 g/mol. The molecule has 2 radical (unpaired) electrons. The molecule has 82 valence electrons. The van der Waals surface area contributed by atoms with Crippen molar-refractivity contribution in [3.05, 3.63) is 33.8 Å². The first kappa shape index (κ1) is 13.3. The predicted octanol–water partition coefficient (Wildman–Crippen LogP) is 3.85. The van der Waals surface area contributed by atoms with Gasteiger partial charge in [0.05, 0.1) is 6.61 Å². The van der Waals surface area contributed by atoms with Gasteiger partial charge in [-0.15, -0.1) is 23.2 Å². The molecule has 1 aromatic rings. The highest BCUT2D eigenvalue weighted by Crippen LogP contribution is 2.22. The SMILES string of the molecule is Cc1c(Cl)ccc(CO[Si]C(Cl)Cl)c1C. The van der Waals surface area contributed by atoms with Crippen LogP contribution in [0.15, 0.2) is 12.1 Å². The Hall–Kier alpha value is 0.267. The Balaban J connectivity index is 2.66. The molecule has 0 saturated heterocycles. The van der Waals surface area contributed by atoms with Crippen LogP contribution in [-0.2, 0) is 11.0 Å². The topological polar surface area (TPSA) is 9.23 Å². The lowest BCUT2D eigenvalue weighted by Crippen LogP contribution is -2.08. The van der Waals surface area contributed by atoms with Gasteiger partial charge in [-0.1, -0.05) is 17.7 Å². The minimum absolute atomic E-state index is 0.102. The Labute approximate surface area is 108 Å². The average molecular weight is 282 g/mol. The Morgan fingerprint density at radius 3 is 2.53 bits per heavy atom. The van der Waals surface area contributed by atoms with Crippen LogP contribution in [0.2, 0.25) is 5.02 Å². The minimum Gasteiger partial charge on any atom is -0.410 e. The number of alkyl halides is 2. The fourth-order valence-electron chi connectivity index (χ4n) is 1.18. The van der Waals surface area contributed by atoms with Gasteiger partial charge in [0.15, 0.2) is 0 Å². The highest BCUT2D eigenvalue weighted by molar-refractivity contribution is 6.65. The van der Waals surface area contributed by atoms with Gasteiger partial charge in [0.25, 0.3) is 9.76 Å². The number of halogens is 3. The Morgan fingerprint density at radius 2 is 1.93 bits per heavy atom. The van der Waals surface area contributed by atoms with Crippen molar-refractivity contribution in [1.29, 1.82) is 0 Å². The van der Waals surface area contributed by atoms with Gasteiger partial charge in [-0.05, 0) is 36.6 Å². The highest BCUT2D eigenvalue weighted by atomic mass is 35.5. The fraction of sp³-hybridized carbons (Fsp3) is 0.400. The third kappa shape index (κ3) is 3.97. The molecule has 1 aromatic carbocycles. The lowest BCUT2D eigenvalue weighted by molar-refractivity contribution is 0.324. The van der Waals surface area contributed by atoms with Crippen LogP contribution in [0, 0.1) is 13.8 Å². The fourth-order valence-corrected chi connectivity index (χ4v) is 2.13. The molecule has 0 spiro atoms. The quantitative estimate of drug-likeness (QED) is 0.602. The van der Waals surface area contributed by atoms with Crippen LogP contribution in [0.5, 0.6) is 0 Å². The van der Waals surface area contributed by atoms with Crippen LogP contribution in [-0.4, -0.2) is 14.2 Å². The zero-order valence-corrected chi connectivity index (χ0v) is 11.7. The van der Waals surface area contributed by atoms with E-state index in [-0.39, 0.29) is 9.76 Å². The van der Waals surface area contributed by atoms with Gasteiger partial charge in [-0.25, -0.2) is 0 Å². The van der Waals surface area contributed by atoms with Crippen molar-refractivity contribution in [2.75, 3.05) is 0 Å². The summed E-state index contributed by atoms with van der Waals surface area (Å²) < 4.78 is 4.93. The summed E-state index contributed by atoms with van der Waals surface area (Å²) in [6, 6.07) is 3.84. The third-order valence-electron chi connectivity index (χ3n) is 2.23. The van der Waals surface area contributed by atoms with E-state index in [1.54, 1.807) is 0 Å². The minimum atomic E-state index is -0.446. The average Bonchev–Trinajstić information content (AvgIpc) is 2.18. The molecule has 15 heavy (non-hydrogen) atoms. The Morgan fingerprint density at radius 1 is 1.27 bits per heavy atom. The van der Waals surface area contributed by atoms with Crippen molar-refractivity contribution in [1.82, 2.24) is 0 Å². The van der Waals surface area contributed by atoms with Gasteiger partial charge < -0.3 is 4.43 Å². The van der Waals surface area contributed by atoms with Crippen molar-refractivity contribution in [2.45, 2.75) is 24.9 Å². The van der Waals surface area contributed by atoms with Crippen molar-refractivity contribution in [2.24, 2.45) is 0 Å². The van der Waals surface area contributed by atoms with Crippen molar-refractivity contribution >= 4 is 44.6 Å². The van der Waals surface area contributed by atoms with E-state index in [0.29, 0.717) is 6.61 Å². The standard InChI is InChI=1S/C10H11Cl3OSi/c1-6-7(2)9(11)4-3-8(6)5-14-15-10(12)13/h3-4,10H,5H2,1-2H3. The number of benzene rings is 1. The molecule has 0 bridgehead atoms. The summed E-state index contributed by atoms with van der Waals surface area (Å²) in [7, 11) is 0.102. The number of hydrogen-bond donors (Lipinski definition) is 0. The van der Waals surface area contributed by atoms with Gasteiger partial charge >= 0.3 is 0 Å². The van der Waals surface area contributed by atoms with Crippen LogP contribution in [0.4, 0.5) is 0 Å². The largest absolute Gasteiger partial charge is 0.410 e. The molecule has 0 aromatic heterocycles. The lowest BCUT2D eigenvalue weighted by atomic mass is 10.0. The van der Waals surface area contributed by atoms with E-state index in [1.807, 2.05) is 26.0 Å². The molecule has 1 rings (SSSR count). The maximum atomic E-state index is 5.99. The Bertz CT molecular complexity index is 342. The molecule has 0 heterocycles. The first-order valence-corrected chi connectivity index (χ1v) is 6.66. The lowest BCUT2D eigenvalue weighted by Gasteiger charge is -2.10. The number of hydrogen-bond acceptors (Lipinski definition) is 1. The van der Waals surface area contributed by atoms with Crippen molar-refractivity contribution in [3.63, 3.8) is 0 Å². The number of rotatable bonds is 4. The van der Waals surface area contributed by atoms with Crippen LogP contribution in [0.3, 0.4) is 0 Å². The molecule has 5 heteroatoms. The maximum Gasteiger partial charge on any atom is 0.266 e. The van der Waals surface area contributed by atoms with E-state index in [1.165, 1.54) is 0 Å². The molecule has 0 amide bonds. The second kappa shape index (κ2) is 6.11. The molecule has 0 aliphatic heterocycles. The van der Waals surface area contributed by atoms with Gasteiger partial charge in [0, 0.05) is 5.02 Å². The molecule has 0 unspecified atom stereocenters. The molecule has 0 saturated carbocycles. The first-order valence-electron chi connectivity index (χ1n) is 4.42. The normalized spacial score (nSPS) is 11.1. The van der Waals surface area contributed by atoms with E-state index in [2.05, 4.69) is 0 Å². The van der Waals surface area contributed by atoms with Crippen molar-refractivity contribution in [3.8, 4) is 0 Å². The molecule has 0 fully saturated rings. The molecule has 0 N–H and O–H groups in total.